The highest BCUT2D eigenvalue weighted by atomic mass is 16.3. The molecule has 3 nitrogen and oxygen atoms in total. The Morgan fingerprint density at radius 2 is 1.77 bits per heavy atom. The number of nitrogens with zero attached hydrogens (tertiary/aromatic N) is 2. The van der Waals surface area contributed by atoms with Crippen LogP contribution >= 0.6 is 0 Å². The van der Waals surface area contributed by atoms with E-state index in [1.807, 2.05) is 39.0 Å². The Hall–Kier alpha value is -3.20. The normalized spacial score (nSPS) is 17.6. The number of hydrogen-bond donors (Lipinski definition) is 0. The number of aromatic nitrogens is 2. The van der Waals surface area contributed by atoms with E-state index < -0.39 is 25.5 Å². The van der Waals surface area contributed by atoms with Crippen molar-refractivity contribution in [2.75, 3.05) is 0 Å². The lowest BCUT2D eigenvalue weighted by molar-refractivity contribution is 0.411. The number of para-hydroxylation sites is 1. The second-order valence-electron chi connectivity index (χ2n) is 8.48. The average molecular weight is 403 g/mol. The SMILES string of the molecule is [2H]C([2H])([2H])c1cc2c(ccc3c4cccc(-c5cc(C([2H])([2H])C(C)(C)C)ccn5)c4oc23)c(C([2H])([2H])[2H])n1. The van der Waals surface area contributed by atoms with E-state index in [1.54, 1.807) is 30.5 Å². The third kappa shape index (κ3) is 3.15. The molecule has 0 aliphatic heterocycles. The summed E-state index contributed by atoms with van der Waals surface area (Å²) in [6, 6.07) is 13.7. The molecule has 0 unspecified atom stereocenters. The summed E-state index contributed by atoms with van der Waals surface area (Å²) in [5.74, 6) is 0. The minimum atomic E-state index is -2.62. The molecular formula is C27H26N2O. The van der Waals surface area contributed by atoms with Gasteiger partial charge in [0.1, 0.15) is 11.2 Å². The molecule has 0 radical (unpaired) electrons. The molecule has 0 bridgehead atoms. The van der Waals surface area contributed by atoms with Crippen molar-refractivity contribution in [3.8, 4) is 11.3 Å². The largest absolute Gasteiger partial charge is 0.455 e. The molecule has 0 spiro atoms. The van der Waals surface area contributed by atoms with Crippen LogP contribution < -0.4 is 0 Å². The Morgan fingerprint density at radius 3 is 2.57 bits per heavy atom. The van der Waals surface area contributed by atoms with Gasteiger partial charge in [-0.15, -0.1) is 0 Å². The summed E-state index contributed by atoms with van der Waals surface area (Å²) in [5.41, 5.74) is 1.24. The molecule has 2 aromatic carbocycles. The monoisotopic (exact) mass is 402 g/mol. The zero-order valence-electron chi connectivity index (χ0n) is 25.0. The van der Waals surface area contributed by atoms with Gasteiger partial charge in [0.05, 0.1) is 5.69 Å². The summed E-state index contributed by atoms with van der Waals surface area (Å²) in [4.78, 5) is 8.50. The maximum atomic E-state index is 8.68. The maximum absolute atomic E-state index is 8.68. The van der Waals surface area contributed by atoms with Crippen LogP contribution in [0.1, 0.15) is 48.7 Å². The van der Waals surface area contributed by atoms with Crippen LogP contribution in [0, 0.1) is 19.1 Å². The average Bonchev–Trinajstić information content (AvgIpc) is 3.21. The highest BCUT2D eigenvalue weighted by molar-refractivity contribution is 6.17. The number of aryl methyl sites for hydroxylation is 2. The Morgan fingerprint density at radius 1 is 0.933 bits per heavy atom. The molecule has 5 rings (SSSR count). The van der Waals surface area contributed by atoms with E-state index in [9.17, 15) is 0 Å². The van der Waals surface area contributed by atoms with Crippen molar-refractivity contribution in [3.05, 3.63) is 71.7 Å². The lowest BCUT2D eigenvalue weighted by Crippen LogP contribution is -2.09. The minimum Gasteiger partial charge on any atom is -0.455 e. The zero-order valence-corrected chi connectivity index (χ0v) is 17.0. The van der Waals surface area contributed by atoms with E-state index in [2.05, 4.69) is 9.97 Å². The van der Waals surface area contributed by atoms with Crippen molar-refractivity contribution < 1.29 is 15.4 Å². The van der Waals surface area contributed by atoms with Crippen LogP contribution in [0.2, 0.25) is 0 Å². The van der Waals surface area contributed by atoms with Gasteiger partial charge in [-0.3, -0.25) is 9.97 Å². The maximum Gasteiger partial charge on any atom is 0.144 e. The molecule has 150 valence electrons. The van der Waals surface area contributed by atoms with Gasteiger partial charge < -0.3 is 4.42 Å². The standard InChI is InChI=1S/C27H26N2O/c1-16-13-23-19(17(2)29-16)9-10-21-20-7-6-8-22(25(20)30-26(21)23)24-14-18(11-12-28-24)15-27(3,4)5/h6-14H,15H2,1-5H3/i1D3,2D3,15D2. The third-order valence-corrected chi connectivity index (χ3v) is 5.03. The summed E-state index contributed by atoms with van der Waals surface area (Å²) in [5, 5.41) is 2.08. The highest BCUT2D eigenvalue weighted by Crippen LogP contribution is 2.39. The van der Waals surface area contributed by atoms with Gasteiger partial charge in [-0.05, 0) is 61.4 Å². The molecule has 0 amide bonds. The van der Waals surface area contributed by atoms with Gasteiger partial charge in [-0.25, -0.2) is 0 Å². The van der Waals surface area contributed by atoms with Crippen LogP contribution in [0.5, 0.6) is 0 Å². The number of furan rings is 1. The quantitative estimate of drug-likeness (QED) is 0.309. The van der Waals surface area contributed by atoms with Gasteiger partial charge in [0.25, 0.3) is 0 Å². The Bertz CT molecular complexity index is 1710. The van der Waals surface area contributed by atoms with E-state index in [-0.39, 0.29) is 11.4 Å². The van der Waals surface area contributed by atoms with E-state index in [0.717, 1.165) is 5.39 Å². The fourth-order valence-corrected chi connectivity index (χ4v) is 3.87. The first-order chi connectivity index (χ1) is 17.5. The summed E-state index contributed by atoms with van der Waals surface area (Å²) in [6.07, 6.45) is -0.0466. The molecule has 5 aromatic rings. The van der Waals surface area contributed by atoms with Gasteiger partial charge in [0, 0.05) is 55.7 Å². The lowest BCUT2D eigenvalue weighted by atomic mass is 9.88. The van der Waals surface area contributed by atoms with Gasteiger partial charge >= 0.3 is 0 Å². The number of benzene rings is 2. The minimum absolute atomic E-state index is 0.289. The van der Waals surface area contributed by atoms with Crippen LogP contribution in [-0.2, 0) is 6.37 Å². The molecule has 0 atom stereocenters. The molecule has 3 aromatic heterocycles. The predicted molar refractivity (Wildman–Crippen MR) is 125 cm³/mol. The molecule has 30 heavy (non-hydrogen) atoms. The fourth-order valence-electron chi connectivity index (χ4n) is 3.87. The van der Waals surface area contributed by atoms with Crippen LogP contribution in [0.3, 0.4) is 0 Å². The summed E-state index contributed by atoms with van der Waals surface area (Å²) in [6.45, 7) is 0.293. The summed E-state index contributed by atoms with van der Waals surface area (Å²) >= 11 is 0. The van der Waals surface area contributed by atoms with E-state index >= 15 is 0 Å². The molecule has 0 saturated heterocycles. The molecule has 0 saturated carbocycles. The second kappa shape index (κ2) is 6.66. The smallest absolute Gasteiger partial charge is 0.144 e. The second-order valence-corrected chi connectivity index (χ2v) is 8.48. The van der Waals surface area contributed by atoms with Crippen molar-refractivity contribution in [1.82, 2.24) is 9.97 Å². The van der Waals surface area contributed by atoms with Crippen molar-refractivity contribution in [2.45, 2.75) is 40.8 Å². The third-order valence-electron chi connectivity index (χ3n) is 5.03. The number of fused-ring (bicyclic) bond motifs is 5. The van der Waals surface area contributed by atoms with E-state index in [4.69, 9.17) is 15.4 Å². The molecule has 0 N–H and O–H groups in total. The van der Waals surface area contributed by atoms with E-state index in [1.165, 1.54) is 6.07 Å². The highest BCUT2D eigenvalue weighted by Gasteiger charge is 2.17. The molecule has 3 heterocycles. The number of hydrogen-bond acceptors (Lipinski definition) is 3. The number of rotatable bonds is 2. The molecule has 0 aliphatic rings. The fraction of sp³-hybridized carbons (Fsp3) is 0.259. The van der Waals surface area contributed by atoms with Crippen molar-refractivity contribution in [1.29, 1.82) is 0 Å². The molecular weight excluding hydrogens is 368 g/mol. The van der Waals surface area contributed by atoms with Crippen LogP contribution in [0.4, 0.5) is 0 Å². The first-order valence-electron chi connectivity index (χ1n) is 13.8. The van der Waals surface area contributed by atoms with Crippen molar-refractivity contribution in [3.63, 3.8) is 0 Å². The molecule has 0 aliphatic carbocycles. The van der Waals surface area contributed by atoms with Crippen molar-refractivity contribution >= 4 is 32.7 Å². The Kier molecular flexibility index (Phi) is 2.63. The Labute approximate surface area is 188 Å². The summed E-state index contributed by atoms with van der Waals surface area (Å²) in [7, 11) is 0. The first kappa shape index (κ1) is 11.8. The summed E-state index contributed by atoms with van der Waals surface area (Å²) < 4.78 is 71.1. The Balaban J connectivity index is 1.81. The van der Waals surface area contributed by atoms with Crippen LogP contribution in [0.25, 0.3) is 44.0 Å². The van der Waals surface area contributed by atoms with Crippen LogP contribution in [-0.4, -0.2) is 9.97 Å². The number of pyridine rings is 2. The van der Waals surface area contributed by atoms with Crippen molar-refractivity contribution in [2.24, 2.45) is 5.41 Å². The van der Waals surface area contributed by atoms with Gasteiger partial charge in [-0.1, -0.05) is 39.0 Å². The van der Waals surface area contributed by atoms with Crippen LogP contribution in [0.15, 0.2) is 59.1 Å². The van der Waals surface area contributed by atoms with Gasteiger partial charge in [0.2, 0.25) is 0 Å². The van der Waals surface area contributed by atoms with Gasteiger partial charge in [0.15, 0.2) is 0 Å². The zero-order chi connectivity index (χ0) is 27.8. The topological polar surface area (TPSA) is 38.9 Å². The first-order valence-corrected chi connectivity index (χ1v) is 9.77. The molecule has 3 heteroatoms. The predicted octanol–water partition coefficient (Wildman–Crippen LogP) is 7.40. The molecule has 0 fully saturated rings. The lowest BCUT2D eigenvalue weighted by Gasteiger charge is -2.18. The van der Waals surface area contributed by atoms with E-state index in [0.29, 0.717) is 44.1 Å². The van der Waals surface area contributed by atoms with Gasteiger partial charge in [-0.2, -0.15) is 0 Å².